The van der Waals surface area contributed by atoms with Gasteiger partial charge in [0.25, 0.3) is 0 Å². The Morgan fingerprint density at radius 1 is 1.06 bits per heavy atom. The molecule has 0 aromatic carbocycles. The minimum Gasteiger partial charge on any atom is -0.396 e. The van der Waals surface area contributed by atoms with E-state index in [1.54, 1.807) is 21.7 Å². The zero-order valence-corrected chi connectivity index (χ0v) is 19.3. The quantitative estimate of drug-likeness (QED) is 0.466. The Balaban J connectivity index is 1.71. The van der Waals surface area contributed by atoms with E-state index in [2.05, 4.69) is 0 Å². The number of unbranched alkanes of at least 4 members (excludes halogenated alkanes) is 3. The summed E-state index contributed by atoms with van der Waals surface area (Å²) in [5.74, 6) is -1.72. The van der Waals surface area contributed by atoms with Gasteiger partial charge in [0, 0.05) is 39.3 Å². The number of ether oxygens (including phenoxy) is 1. The van der Waals surface area contributed by atoms with E-state index in [0.717, 1.165) is 25.7 Å². The normalized spacial score (nSPS) is 34.2. The molecule has 32 heavy (non-hydrogen) atoms. The van der Waals surface area contributed by atoms with Gasteiger partial charge < -0.3 is 24.5 Å². The number of fused-ring (bicyclic) bond motifs is 2. The molecule has 8 heteroatoms. The highest BCUT2D eigenvalue weighted by molar-refractivity contribution is 5.99. The SMILES string of the molecule is CC(C)N1CC=C[C@]23O[C@H]4C=CCN(C)C(=O)[C@H]4[C@H]2C(=O)N(CCCCCCO)C3C1=O. The molecule has 1 unspecified atom stereocenters. The molecule has 0 aromatic heterocycles. The molecule has 0 bridgehead atoms. The second-order valence-corrected chi connectivity index (χ2v) is 9.65. The van der Waals surface area contributed by atoms with Gasteiger partial charge in [-0.2, -0.15) is 0 Å². The Morgan fingerprint density at radius 3 is 2.53 bits per heavy atom. The molecule has 0 aromatic rings. The van der Waals surface area contributed by atoms with Crippen molar-refractivity contribution in [3.8, 4) is 0 Å². The number of nitrogens with zero attached hydrogens (tertiary/aromatic N) is 3. The van der Waals surface area contributed by atoms with Crippen LogP contribution in [-0.4, -0.2) is 94.6 Å². The Labute approximate surface area is 189 Å². The van der Waals surface area contributed by atoms with Gasteiger partial charge in [-0.15, -0.1) is 0 Å². The molecular formula is C24H35N3O5. The lowest BCUT2D eigenvalue weighted by molar-refractivity contribution is -0.149. The van der Waals surface area contributed by atoms with Gasteiger partial charge in [0.15, 0.2) is 0 Å². The topological polar surface area (TPSA) is 90.4 Å². The summed E-state index contributed by atoms with van der Waals surface area (Å²) in [7, 11) is 1.74. The van der Waals surface area contributed by atoms with E-state index >= 15 is 0 Å². The highest BCUT2D eigenvalue weighted by Gasteiger charge is 2.71. The van der Waals surface area contributed by atoms with Crippen LogP contribution in [-0.2, 0) is 19.1 Å². The van der Waals surface area contributed by atoms with Gasteiger partial charge in [-0.3, -0.25) is 14.4 Å². The van der Waals surface area contributed by atoms with Gasteiger partial charge >= 0.3 is 0 Å². The summed E-state index contributed by atoms with van der Waals surface area (Å²) in [6.45, 7) is 5.48. The van der Waals surface area contributed by atoms with Crippen LogP contribution in [0.1, 0.15) is 39.5 Å². The van der Waals surface area contributed by atoms with Crippen molar-refractivity contribution in [3.63, 3.8) is 0 Å². The number of likely N-dealkylation sites (N-methyl/N-ethyl adjacent to an activating group) is 1. The lowest BCUT2D eigenvalue weighted by Crippen LogP contribution is -2.56. The fourth-order valence-corrected chi connectivity index (χ4v) is 5.73. The number of rotatable bonds is 7. The molecule has 176 valence electrons. The summed E-state index contributed by atoms with van der Waals surface area (Å²) in [5.41, 5.74) is -1.13. The smallest absolute Gasteiger partial charge is 0.249 e. The van der Waals surface area contributed by atoms with E-state index in [0.29, 0.717) is 19.6 Å². The van der Waals surface area contributed by atoms with Crippen LogP contribution in [0.25, 0.3) is 0 Å². The molecule has 0 saturated carbocycles. The molecule has 2 fully saturated rings. The Morgan fingerprint density at radius 2 is 1.81 bits per heavy atom. The number of likely N-dealkylation sites (tertiary alicyclic amines) is 1. The van der Waals surface area contributed by atoms with E-state index in [9.17, 15) is 14.4 Å². The van der Waals surface area contributed by atoms with Crippen molar-refractivity contribution in [2.24, 2.45) is 11.8 Å². The van der Waals surface area contributed by atoms with Crippen LogP contribution in [0.4, 0.5) is 0 Å². The number of aliphatic hydroxyl groups excluding tert-OH is 1. The van der Waals surface area contributed by atoms with E-state index < -0.39 is 29.6 Å². The number of aliphatic hydroxyl groups is 1. The van der Waals surface area contributed by atoms with Crippen LogP contribution in [0.2, 0.25) is 0 Å². The van der Waals surface area contributed by atoms with Crippen molar-refractivity contribution in [2.75, 3.05) is 33.3 Å². The lowest BCUT2D eigenvalue weighted by atomic mass is 9.77. The van der Waals surface area contributed by atoms with Gasteiger partial charge in [-0.25, -0.2) is 0 Å². The maximum Gasteiger partial charge on any atom is 0.249 e. The van der Waals surface area contributed by atoms with Crippen LogP contribution >= 0.6 is 0 Å². The van der Waals surface area contributed by atoms with Crippen LogP contribution in [0.3, 0.4) is 0 Å². The Kier molecular flexibility index (Phi) is 6.45. The van der Waals surface area contributed by atoms with E-state index in [4.69, 9.17) is 9.84 Å². The van der Waals surface area contributed by atoms with Crippen LogP contribution < -0.4 is 0 Å². The third-order valence-electron chi connectivity index (χ3n) is 7.32. The third kappa shape index (κ3) is 3.57. The summed E-state index contributed by atoms with van der Waals surface area (Å²) in [6.07, 6.45) is 10.3. The number of hydrogen-bond acceptors (Lipinski definition) is 5. The summed E-state index contributed by atoms with van der Waals surface area (Å²) in [6, 6.07) is -0.778. The monoisotopic (exact) mass is 445 g/mol. The molecule has 8 nitrogen and oxygen atoms in total. The molecule has 4 aliphatic rings. The number of carbonyl (C=O) groups is 3. The molecule has 3 amide bonds. The maximum absolute atomic E-state index is 13.8. The second-order valence-electron chi connectivity index (χ2n) is 9.65. The standard InChI is InChI=1S/C24H35N3O5/c1-16(2)26-14-9-11-24-19(18-17(32-24)10-8-12-25(3)21(18)29)22(30)27(20(24)23(26)31)13-6-4-5-7-15-28/h8-11,16-20,28H,4-7,12-15H2,1-3H3/t17-,18+,19-,20?,24-/m0/s1. The molecule has 4 aliphatic heterocycles. The molecule has 5 atom stereocenters. The van der Waals surface area contributed by atoms with Gasteiger partial charge in [0.1, 0.15) is 11.6 Å². The first-order valence-electron chi connectivity index (χ1n) is 11.8. The number of carbonyl (C=O) groups excluding carboxylic acids is 3. The van der Waals surface area contributed by atoms with Crippen molar-refractivity contribution in [1.29, 1.82) is 0 Å². The highest BCUT2D eigenvalue weighted by Crippen LogP contribution is 2.53. The summed E-state index contributed by atoms with van der Waals surface area (Å²) >= 11 is 0. The number of hydrogen-bond donors (Lipinski definition) is 1. The van der Waals surface area contributed by atoms with Crippen molar-refractivity contribution < 1.29 is 24.2 Å². The predicted octanol–water partition coefficient (Wildman–Crippen LogP) is 0.955. The first-order chi connectivity index (χ1) is 15.3. The second kappa shape index (κ2) is 8.98. The van der Waals surface area contributed by atoms with Gasteiger partial charge in [-0.05, 0) is 26.7 Å². The largest absolute Gasteiger partial charge is 0.396 e. The molecule has 4 heterocycles. The van der Waals surface area contributed by atoms with Gasteiger partial charge in [0.05, 0.1) is 17.9 Å². The van der Waals surface area contributed by atoms with Crippen LogP contribution in [0, 0.1) is 11.8 Å². The first-order valence-corrected chi connectivity index (χ1v) is 11.8. The summed E-state index contributed by atoms with van der Waals surface area (Å²) in [5, 5.41) is 9.03. The van der Waals surface area contributed by atoms with Crippen molar-refractivity contribution in [3.05, 3.63) is 24.3 Å². The molecule has 2 saturated heterocycles. The van der Waals surface area contributed by atoms with Crippen LogP contribution in [0.15, 0.2) is 24.3 Å². The lowest BCUT2D eigenvalue weighted by Gasteiger charge is -2.36. The zero-order chi connectivity index (χ0) is 23.0. The van der Waals surface area contributed by atoms with E-state index in [-0.39, 0.29) is 30.4 Å². The van der Waals surface area contributed by atoms with Gasteiger partial charge in [-0.1, -0.05) is 37.1 Å². The Hall–Kier alpha value is -2.19. The minimum absolute atomic E-state index is 0.0117. The maximum atomic E-state index is 13.8. The minimum atomic E-state index is -1.13. The summed E-state index contributed by atoms with van der Waals surface area (Å²) in [4.78, 5) is 46.0. The van der Waals surface area contributed by atoms with Crippen molar-refractivity contribution >= 4 is 17.7 Å². The molecule has 1 N–H and O–H groups in total. The Bertz CT molecular complexity index is 824. The molecule has 1 spiro atoms. The molecule has 0 radical (unpaired) electrons. The fourth-order valence-electron chi connectivity index (χ4n) is 5.73. The molecule has 4 rings (SSSR count). The molecular weight excluding hydrogens is 410 g/mol. The van der Waals surface area contributed by atoms with Crippen molar-refractivity contribution in [2.45, 2.75) is 63.3 Å². The van der Waals surface area contributed by atoms with E-state index in [1.807, 2.05) is 38.2 Å². The highest BCUT2D eigenvalue weighted by atomic mass is 16.5. The fraction of sp³-hybridized carbons (Fsp3) is 0.708. The predicted molar refractivity (Wildman–Crippen MR) is 118 cm³/mol. The van der Waals surface area contributed by atoms with Gasteiger partial charge in [0.2, 0.25) is 17.7 Å². The third-order valence-corrected chi connectivity index (χ3v) is 7.32. The first kappa shape index (κ1) is 23.0. The molecule has 0 aliphatic carbocycles. The number of amides is 3. The summed E-state index contributed by atoms with van der Waals surface area (Å²) < 4.78 is 6.54. The van der Waals surface area contributed by atoms with Crippen LogP contribution in [0.5, 0.6) is 0 Å². The zero-order valence-electron chi connectivity index (χ0n) is 19.3. The van der Waals surface area contributed by atoms with E-state index in [1.165, 1.54) is 0 Å². The van der Waals surface area contributed by atoms with Crippen molar-refractivity contribution in [1.82, 2.24) is 14.7 Å². The average Bonchev–Trinajstić information content (AvgIpc) is 3.07. The average molecular weight is 446 g/mol.